The molecule has 94 valence electrons. The summed E-state index contributed by atoms with van der Waals surface area (Å²) in [5, 5.41) is 3.60. The molecule has 0 aromatic carbocycles. The lowest BCUT2D eigenvalue weighted by Gasteiger charge is -2.42. The van der Waals surface area contributed by atoms with Crippen LogP contribution in [0.5, 0.6) is 0 Å². The molecule has 0 radical (unpaired) electrons. The predicted molar refractivity (Wildman–Crippen MR) is 70.6 cm³/mol. The van der Waals surface area contributed by atoms with Crippen LogP contribution in [-0.2, 0) is 0 Å². The Morgan fingerprint density at radius 1 is 1.44 bits per heavy atom. The fraction of sp³-hybridized carbons (Fsp3) is 0.846. The Hall–Kier alpha value is -0.380. The maximum absolute atomic E-state index is 5.93. The largest absolute Gasteiger partial charge is 0.329 e. The zero-order valence-corrected chi connectivity index (χ0v) is 10.9. The molecule has 1 aliphatic rings. The van der Waals surface area contributed by atoms with Crippen molar-refractivity contribution in [2.45, 2.75) is 38.6 Å². The molecule has 1 saturated heterocycles. The van der Waals surface area contributed by atoms with E-state index in [0.29, 0.717) is 0 Å². The normalized spacial score (nSPS) is 20.9. The number of nitrogens with zero attached hydrogens (tertiary/aromatic N) is 1. The molecule has 3 heteroatoms. The van der Waals surface area contributed by atoms with Crippen LogP contribution in [0.25, 0.3) is 0 Å². The van der Waals surface area contributed by atoms with Gasteiger partial charge in [0.25, 0.3) is 0 Å². The monoisotopic (exact) mass is 225 g/mol. The van der Waals surface area contributed by atoms with Crippen LogP contribution in [0.1, 0.15) is 33.1 Å². The first-order valence-electron chi connectivity index (χ1n) is 6.44. The van der Waals surface area contributed by atoms with E-state index >= 15 is 0 Å². The van der Waals surface area contributed by atoms with Gasteiger partial charge in [-0.3, -0.25) is 0 Å². The molecular formula is C13H27N3. The first-order chi connectivity index (χ1) is 7.62. The molecule has 3 N–H and O–H groups in total. The molecule has 3 nitrogen and oxygen atoms in total. The highest BCUT2D eigenvalue weighted by atomic mass is 15.2. The Morgan fingerprint density at radius 3 is 2.50 bits per heavy atom. The summed E-state index contributed by atoms with van der Waals surface area (Å²) in [4.78, 5) is 2.54. The van der Waals surface area contributed by atoms with Gasteiger partial charge in [-0.1, -0.05) is 19.1 Å². The van der Waals surface area contributed by atoms with Gasteiger partial charge in [0.2, 0.25) is 0 Å². The van der Waals surface area contributed by atoms with Gasteiger partial charge in [0.05, 0.1) is 0 Å². The molecule has 0 spiro atoms. The van der Waals surface area contributed by atoms with Crippen LogP contribution in [0.2, 0.25) is 0 Å². The van der Waals surface area contributed by atoms with E-state index in [1.165, 1.54) is 31.6 Å². The molecule has 1 rings (SSSR count). The van der Waals surface area contributed by atoms with Crippen molar-refractivity contribution in [3.8, 4) is 0 Å². The second-order valence-corrected chi connectivity index (χ2v) is 5.14. The van der Waals surface area contributed by atoms with Gasteiger partial charge in [-0.25, -0.2) is 0 Å². The Kier molecular flexibility index (Phi) is 5.46. The van der Waals surface area contributed by atoms with Crippen molar-refractivity contribution in [1.29, 1.82) is 0 Å². The molecule has 16 heavy (non-hydrogen) atoms. The number of nitrogens with two attached hydrogens (primary N) is 1. The van der Waals surface area contributed by atoms with Gasteiger partial charge in [0, 0.05) is 18.6 Å². The molecule has 0 aliphatic carbocycles. The van der Waals surface area contributed by atoms with E-state index in [-0.39, 0.29) is 5.54 Å². The second kappa shape index (κ2) is 6.38. The topological polar surface area (TPSA) is 41.3 Å². The van der Waals surface area contributed by atoms with Crippen LogP contribution in [-0.4, -0.2) is 43.2 Å². The maximum Gasteiger partial charge on any atom is 0.0331 e. The van der Waals surface area contributed by atoms with Crippen molar-refractivity contribution < 1.29 is 0 Å². The average molecular weight is 225 g/mol. The van der Waals surface area contributed by atoms with Crippen molar-refractivity contribution in [3.63, 3.8) is 0 Å². The van der Waals surface area contributed by atoms with Crippen molar-refractivity contribution >= 4 is 0 Å². The lowest BCUT2D eigenvalue weighted by molar-refractivity contribution is 0.142. The minimum atomic E-state index is 0.156. The third-order valence-electron chi connectivity index (χ3n) is 3.51. The van der Waals surface area contributed by atoms with E-state index in [4.69, 9.17) is 5.73 Å². The lowest BCUT2D eigenvalue weighted by atomic mass is 9.87. The molecule has 1 fully saturated rings. The summed E-state index contributed by atoms with van der Waals surface area (Å²) in [5.41, 5.74) is 7.27. The number of hydrogen-bond donors (Lipinski definition) is 2. The maximum atomic E-state index is 5.93. The Morgan fingerprint density at radius 2 is 2.06 bits per heavy atom. The molecule has 0 bridgehead atoms. The minimum Gasteiger partial charge on any atom is -0.329 e. The zero-order chi connectivity index (χ0) is 12.0. The van der Waals surface area contributed by atoms with Crippen molar-refractivity contribution in [1.82, 2.24) is 10.2 Å². The number of hydrogen-bond acceptors (Lipinski definition) is 3. The van der Waals surface area contributed by atoms with Crippen LogP contribution < -0.4 is 11.1 Å². The van der Waals surface area contributed by atoms with Gasteiger partial charge in [0.15, 0.2) is 0 Å². The van der Waals surface area contributed by atoms with Gasteiger partial charge in [0.1, 0.15) is 0 Å². The Balaban J connectivity index is 2.41. The van der Waals surface area contributed by atoms with E-state index < -0.39 is 0 Å². The Labute approximate surface area is 100 Å². The lowest BCUT2D eigenvalue weighted by Crippen LogP contribution is -2.58. The average Bonchev–Trinajstić information content (AvgIpc) is 2.29. The molecular weight excluding hydrogens is 198 g/mol. The SMILES string of the molecule is C=C(C)CNC1(CN)CCN(CCC)CC1. The van der Waals surface area contributed by atoms with Crippen molar-refractivity contribution in [3.05, 3.63) is 12.2 Å². The van der Waals surface area contributed by atoms with E-state index in [0.717, 1.165) is 25.9 Å². The van der Waals surface area contributed by atoms with Crippen LogP contribution in [0.4, 0.5) is 0 Å². The number of likely N-dealkylation sites (tertiary alicyclic amines) is 1. The third kappa shape index (κ3) is 3.89. The number of nitrogens with one attached hydrogen (secondary N) is 1. The Bertz CT molecular complexity index is 217. The highest BCUT2D eigenvalue weighted by Crippen LogP contribution is 2.21. The summed E-state index contributed by atoms with van der Waals surface area (Å²) in [6.45, 7) is 13.4. The van der Waals surface area contributed by atoms with Gasteiger partial charge >= 0.3 is 0 Å². The van der Waals surface area contributed by atoms with Crippen LogP contribution in [0, 0.1) is 0 Å². The van der Waals surface area contributed by atoms with Gasteiger partial charge < -0.3 is 16.0 Å². The van der Waals surface area contributed by atoms with Crippen LogP contribution in [0.3, 0.4) is 0 Å². The molecule has 0 aromatic rings. The summed E-state index contributed by atoms with van der Waals surface area (Å²) < 4.78 is 0. The minimum absolute atomic E-state index is 0.156. The summed E-state index contributed by atoms with van der Waals surface area (Å²) in [5.74, 6) is 0. The summed E-state index contributed by atoms with van der Waals surface area (Å²) in [6, 6.07) is 0. The van der Waals surface area contributed by atoms with Gasteiger partial charge in [-0.2, -0.15) is 0 Å². The van der Waals surface area contributed by atoms with E-state index in [1.807, 2.05) is 0 Å². The smallest absolute Gasteiger partial charge is 0.0331 e. The van der Waals surface area contributed by atoms with Crippen LogP contribution >= 0.6 is 0 Å². The third-order valence-corrected chi connectivity index (χ3v) is 3.51. The fourth-order valence-corrected chi connectivity index (χ4v) is 2.31. The number of piperidine rings is 1. The summed E-state index contributed by atoms with van der Waals surface area (Å²) >= 11 is 0. The van der Waals surface area contributed by atoms with Crippen molar-refractivity contribution in [2.24, 2.45) is 5.73 Å². The first-order valence-corrected chi connectivity index (χ1v) is 6.44. The zero-order valence-electron chi connectivity index (χ0n) is 10.9. The molecule has 0 unspecified atom stereocenters. The van der Waals surface area contributed by atoms with E-state index in [9.17, 15) is 0 Å². The fourth-order valence-electron chi connectivity index (χ4n) is 2.31. The quantitative estimate of drug-likeness (QED) is 0.671. The molecule has 0 saturated carbocycles. The summed E-state index contributed by atoms with van der Waals surface area (Å²) in [7, 11) is 0. The van der Waals surface area contributed by atoms with Gasteiger partial charge in [-0.05, 0) is 45.8 Å². The standard InChI is InChI=1S/C13H27N3/c1-4-7-16-8-5-13(11-14,6-9-16)15-10-12(2)3/h15H,2,4-11,14H2,1,3H3. The van der Waals surface area contributed by atoms with E-state index in [1.54, 1.807) is 0 Å². The predicted octanol–water partition coefficient (Wildman–Crippen LogP) is 1.36. The number of rotatable bonds is 6. The van der Waals surface area contributed by atoms with Crippen LogP contribution in [0.15, 0.2) is 12.2 Å². The molecule has 0 aromatic heterocycles. The van der Waals surface area contributed by atoms with E-state index in [2.05, 4.69) is 30.6 Å². The summed E-state index contributed by atoms with van der Waals surface area (Å²) in [6.07, 6.45) is 3.57. The first kappa shape index (κ1) is 13.7. The highest BCUT2D eigenvalue weighted by Gasteiger charge is 2.32. The highest BCUT2D eigenvalue weighted by molar-refractivity contribution is 4.99. The molecule has 1 heterocycles. The molecule has 0 atom stereocenters. The van der Waals surface area contributed by atoms with Gasteiger partial charge in [-0.15, -0.1) is 0 Å². The molecule has 1 aliphatic heterocycles. The molecule has 0 amide bonds. The second-order valence-electron chi connectivity index (χ2n) is 5.14. The van der Waals surface area contributed by atoms with Crippen molar-refractivity contribution in [2.75, 3.05) is 32.7 Å².